The molecule has 6 heteroatoms. The highest BCUT2D eigenvalue weighted by molar-refractivity contribution is 9.10. The van der Waals surface area contributed by atoms with E-state index in [9.17, 15) is 4.79 Å². The fraction of sp³-hybridized carbons (Fsp3) is 0.143. The molecule has 0 aliphatic carbocycles. The average molecular weight is 533 g/mol. The van der Waals surface area contributed by atoms with E-state index in [2.05, 4.69) is 68.8 Å². The number of aromatic nitrogens is 2. The molecule has 34 heavy (non-hydrogen) atoms. The molecule has 1 aromatic heterocycles. The standard InChI is InChI=1S/C28H26BrN3OS/c1-2-18-32-26(22-13-7-4-8-14-22)25(21-11-5-3-6-12-21)31-28(32)34-19-10-17-30-27(33)23-15-9-16-24(29)20-23/h2-9,11-16,20H,1,10,17-19H2,(H,30,33). The largest absolute Gasteiger partial charge is 0.352 e. The smallest absolute Gasteiger partial charge is 0.251 e. The number of nitrogens with one attached hydrogen (secondary N) is 1. The number of benzene rings is 3. The van der Waals surface area contributed by atoms with E-state index in [-0.39, 0.29) is 5.91 Å². The van der Waals surface area contributed by atoms with Crippen molar-refractivity contribution in [3.8, 4) is 22.5 Å². The lowest BCUT2D eigenvalue weighted by molar-refractivity contribution is 0.0953. The second-order valence-corrected chi connectivity index (χ2v) is 9.67. The van der Waals surface area contributed by atoms with Gasteiger partial charge in [-0.05, 0) is 24.6 Å². The highest BCUT2D eigenvalue weighted by atomic mass is 79.9. The molecule has 1 heterocycles. The summed E-state index contributed by atoms with van der Waals surface area (Å²) in [6.45, 7) is 5.25. The number of carbonyl (C=O) groups is 1. The van der Waals surface area contributed by atoms with Crippen molar-refractivity contribution in [3.63, 3.8) is 0 Å². The maximum atomic E-state index is 12.4. The van der Waals surface area contributed by atoms with Crippen LogP contribution >= 0.6 is 27.7 Å². The molecule has 1 N–H and O–H groups in total. The van der Waals surface area contributed by atoms with Crippen molar-refractivity contribution in [3.05, 3.63) is 108 Å². The molecule has 0 unspecified atom stereocenters. The van der Waals surface area contributed by atoms with Crippen LogP contribution in [0.2, 0.25) is 0 Å². The number of hydrogen-bond acceptors (Lipinski definition) is 3. The maximum absolute atomic E-state index is 12.4. The van der Waals surface area contributed by atoms with Crippen LogP contribution in [-0.4, -0.2) is 27.8 Å². The van der Waals surface area contributed by atoms with Crippen LogP contribution in [0.4, 0.5) is 0 Å². The van der Waals surface area contributed by atoms with Gasteiger partial charge in [0.15, 0.2) is 5.16 Å². The van der Waals surface area contributed by atoms with Crippen LogP contribution < -0.4 is 5.32 Å². The van der Waals surface area contributed by atoms with E-state index in [0.717, 1.165) is 44.3 Å². The molecule has 0 spiro atoms. The predicted molar refractivity (Wildman–Crippen MR) is 145 cm³/mol. The highest BCUT2D eigenvalue weighted by Gasteiger charge is 2.19. The van der Waals surface area contributed by atoms with Gasteiger partial charge in [0, 0.05) is 40.0 Å². The summed E-state index contributed by atoms with van der Waals surface area (Å²) in [5, 5.41) is 3.96. The molecule has 172 valence electrons. The Morgan fingerprint density at radius 1 is 1.00 bits per heavy atom. The predicted octanol–water partition coefficient (Wildman–Crippen LogP) is 7.08. The summed E-state index contributed by atoms with van der Waals surface area (Å²) in [6, 6.07) is 28.1. The van der Waals surface area contributed by atoms with Gasteiger partial charge in [0.1, 0.15) is 0 Å². The third-order valence-corrected chi connectivity index (χ3v) is 6.82. The number of carbonyl (C=O) groups excluding carboxylic acids is 1. The second kappa shape index (κ2) is 11.9. The number of imidazole rings is 1. The van der Waals surface area contributed by atoms with Crippen molar-refractivity contribution >= 4 is 33.6 Å². The summed E-state index contributed by atoms with van der Waals surface area (Å²) in [6.07, 6.45) is 2.75. The van der Waals surface area contributed by atoms with Crippen molar-refractivity contribution in [2.45, 2.75) is 18.1 Å². The van der Waals surface area contributed by atoms with Crippen LogP contribution in [0.1, 0.15) is 16.8 Å². The molecular formula is C28H26BrN3OS. The van der Waals surface area contributed by atoms with E-state index in [1.165, 1.54) is 0 Å². The Morgan fingerprint density at radius 2 is 1.71 bits per heavy atom. The van der Waals surface area contributed by atoms with Gasteiger partial charge in [-0.15, -0.1) is 6.58 Å². The fourth-order valence-corrected chi connectivity index (χ4v) is 5.04. The lowest BCUT2D eigenvalue weighted by Crippen LogP contribution is -2.24. The Morgan fingerprint density at radius 3 is 2.38 bits per heavy atom. The van der Waals surface area contributed by atoms with Gasteiger partial charge in [-0.2, -0.15) is 0 Å². The number of nitrogens with zero attached hydrogens (tertiary/aromatic N) is 2. The van der Waals surface area contributed by atoms with Gasteiger partial charge < -0.3 is 9.88 Å². The molecular weight excluding hydrogens is 506 g/mol. The summed E-state index contributed by atoms with van der Waals surface area (Å²) >= 11 is 5.12. The highest BCUT2D eigenvalue weighted by Crippen LogP contribution is 2.36. The van der Waals surface area contributed by atoms with Crippen LogP contribution in [0.3, 0.4) is 0 Å². The van der Waals surface area contributed by atoms with Gasteiger partial charge in [0.25, 0.3) is 5.91 Å². The minimum Gasteiger partial charge on any atom is -0.352 e. The molecule has 3 aromatic carbocycles. The van der Waals surface area contributed by atoms with Crippen molar-refractivity contribution in [1.82, 2.24) is 14.9 Å². The number of halogens is 1. The maximum Gasteiger partial charge on any atom is 0.251 e. The summed E-state index contributed by atoms with van der Waals surface area (Å²) in [5.41, 5.74) is 4.94. The van der Waals surface area contributed by atoms with Gasteiger partial charge in [-0.3, -0.25) is 4.79 Å². The Balaban J connectivity index is 1.49. The van der Waals surface area contributed by atoms with Gasteiger partial charge >= 0.3 is 0 Å². The van der Waals surface area contributed by atoms with E-state index in [1.54, 1.807) is 11.8 Å². The zero-order chi connectivity index (χ0) is 23.8. The van der Waals surface area contributed by atoms with E-state index in [0.29, 0.717) is 18.7 Å². The molecule has 0 bridgehead atoms. The molecule has 0 aliphatic heterocycles. The monoisotopic (exact) mass is 531 g/mol. The number of rotatable bonds is 10. The molecule has 0 saturated carbocycles. The summed E-state index contributed by atoms with van der Waals surface area (Å²) in [7, 11) is 0. The Labute approximate surface area is 213 Å². The molecule has 4 rings (SSSR count). The van der Waals surface area contributed by atoms with Gasteiger partial charge in [-0.25, -0.2) is 4.98 Å². The second-order valence-electron chi connectivity index (χ2n) is 7.69. The lowest BCUT2D eigenvalue weighted by Gasteiger charge is -2.11. The fourth-order valence-electron chi connectivity index (χ4n) is 3.70. The van der Waals surface area contributed by atoms with E-state index in [4.69, 9.17) is 4.98 Å². The number of thioether (sulfide) groups is 1. The van der Waals surface area contributed by atoms with Gasteiger partial charge in [0.05, 0.1) is 11.4 Å². The number of hydrogen-bond donors (Lipinski definition) is 1. The zero-order valence-electron chi connectivity index (χ0n) is 18.8. The molecule has 0 atom stereocenters. The Kier molecular flexibility index (Phi) is 8.39. The van der Waals surface area contributed by atoms with Crippen LogP contribution in [0.15, 0.2) is 107 Å². The summed E-state index contributed by atoms with van der Waals surface area (Å²) in [4.78, 5) is 17.4. The van der Waals surface area contributed by atoms with Crippen LogP contribution in [-0.2, 0) is 6.54 Å². The average Bonchev–Trinajstić information content (AvgIpc) is 3.23. The molecule has 4 aromatic rings. The van der Waals surface area contributed by atoms with Crippen molar-refractivity contribution in [2.24, 2.45) is 0 Å². The van der Waals surface area contributed by atoms with E-state index < -0.39 is 0 Å². The first-order valence-corrected chi connectivity index (χ1v) is 12.9. The summed E-state index contributed by atoms with van der Waals surface area (Å²) < 4.78 is 3.13. The Hall–Kier alpha value is -3.09. The van der Waals surface area contributed by atoms with Crippen molar-refractivity contribution in [2.75, 3.05) is 12.3 Å². The molecule has 0 fully saturated rings. The Bertz CT molecular complexity index is 1260. The normalized spacial score (nSPS) is 10.7. The zero-order valence-corrected chi connectivity index (χ0v) is 21.2. The van der Waals surface area contributed by atoms with Crippen LogP contribution in [0, 0.1) is 0 Å². The van der Waals surface area contributed by atoms with Crippen molar-refractivity contribution < 1.29 is 4.79 Å². The minimum atomic E-state index is -0.0582. The number of allylic oxidation sites excluding steroid dienone is 1. The van der Waals surface area contributed by atoms with Gasteiger partial charge in [0.2, 0.25) is 0 Å². The minimum absolute atomic E-state index is 0.0582. The molecule has 1 amide bonds. The lowest BCUT2D eigenvalue weighted by atomic mass is 10.0. The quantitative estimate of drug-likeness (QED) is 0.135. The summed E-state index contributed by atoms with van der Waals surface area (Å²) in [5.74, 6) is 0.784. The van der Waals surface area contributed by atoms with E-state index >= 15 is 0 Å². The first-order valence-electron chi connectivity index (χ1n) is 11.2. The molecule has 0 aliphatic rings. The van der Waals surface area contributed by atoms with Crippen molar-refractivity contribution in [1.29, 1.82) is 0 Å². The number of amides is 1. The molecule has 4 nitrogen and oxygen atoms in total. The molecule has 0 saturated heterocycles. The van der Waals surface area contributed by atoms with Crippen LogP contribution in [0.5, 0.6) is 0 Å². The van der Waals surface area contributed by atoms with E-state index in [1.807, 2.05) is 54.6 Å². The van der Waals surface area contributed by atoms with Gasteiger partial charge in [-0.1, -0.05) is 100 Å². The first kappa shape index (κ1) is 24.0. The third kappa shape index (κ3) is 5.88. The van der Waals surface area contributed by atoms with Crippen LogP contribution in [0.25, 0.3) is 22.5 Å². The third-order valence-electron chi connectivity index (χ3n) is 5.26. The molecule has 0 radical (unpaired) electrons. The SMILES string of the molecule is C=CCn1c(SCCCNC(=O)c2cccc(Br)c2)nc(-c2ccccc2)c1-c1ccccc1. The first-order chi connectivity index (χ1) is 16.7. The topological polar surface area (TPSA) is 46.9 Å².